The van der Waals surface area contributed by atoms with Crippen molar-refractivity contribution in [2.24, 2.45) is 0 Å². The molecular weight excluding hydrogens is 320 g/mol. The number of nitrogens with one attached hydrogen (secondary N) is 2. The lowest BCUT2D eigenvalue weighted by Crippen LogP contribution is -2.36. The van der Waals surface area contributed by atoms with Crippen molar-refractivity contribution >= 4 is 17.5 Å². The van der Waals surface area contributed by atoms with Gasteiger partial charge in [-0.25, -0.2) is 0 Å². The Kier molecular flexibility index (Phi) is 6.41. The predicted molar refractivity (Wildman–Crippen MR) is 100 cm³/mol. The summed E-state index contributed by atoms with van der Waals surface area (Å²) >= 11 is 5.90. The maximum absolute atomic E-state index is 12.2. The summed E-state index contributed by atoms with van der Waals surface area (Å²) in [6, 6.07) is 14.0. The Morgan fingerprint density at radius 1 is 0.958 bits per heavy atom. The van der Waals surface area contributed by atoms with Crippen LogP contribution in [0, 0.1) is 13.8 Å². The van der Waals surface area contributed by atoms with E-state index < -0.39 is 0 Å². The Bertz CT molecular complexity index is 697. The highest BCUT2D eigenvalue weighted by atomic mass is 35.5. The standard InChI is InChI=1S/C20H25ClN2O/c1-13-5-6-18(11-14(13)2)16(4)23-20(24)12-22-15(3)17-7-9-19(21)10-8-17/h5-11,15-16,22H,12H2,1-4H3,(H,23,24)/t15-,16-/m1/s1. The van der Waals surface area contributed by atoms with Gasteiger partial charge in [0.1, 0.15) is 0 Å². The second-order valence-electron chi connectivity index (χ2n) is 6.29. The number of aryl methyl sites for hydroxylation is 2. The molecule has 1 amide bonds. The first kappa shape index (κ1) is 18.5. The summed E-state index contributed by atoms with van der Waals surface area (Å²) in [6.45, 7) is 8.49. The Balaban J connectivity index is 1.86. The van der Waals surface area contributed by atoms with Gasteiger partial charge in [-0.05, 0) is 62.1 Å². The van der Waals surface area contributed by atoms with Crippen molar-refractivity contribution in [2.75, 3.05) is 6.54 Å². The number of rotatable bonds is 6. The molecule has 0 aliphatic carbocycles. The highest BCUT2D eigenvalue weighted by molar-refractivity contribution is 6.30. The van der Waals surface area contributed by atoms with Gasteiger partial charge in [0.2, 0.25) is 5.91 Å². The van der Waals surface area contributed by atoms with Gasteiger partial charge in [-0.2, -0.15) is 0 Å². The van der Waals surface area contributed by atoms with Gasteiger partial charge >= 0.3 is 0 Å². The summed E-state index contributed by atoms with van der Waals surface area (Å²) in [5.41, 5.74) is 4.73. The normalized spacial score (nSPS) is 13.4. The molecule has 0 aromatic heterocycles. The van der Waals surface area contributed by atoms with E-state index in [1.807, 2.05) is 38.1 Å². The van der Waals surface area contributed by atoms with Crippen molar-refractivity contribution < 1.29 is 4.79 Å². The molecule has 0 aliphatic rings. The van der Waals surface area contributed by atoms with Crippen molar-refractivity contribution in [3.8, 4) is 0 Å². The van der Waals surface area contributed by atoms with Gasteiger partial charge in [0.25, 0.3) is 0 Å². The first-order chi connectivity index (χ1) is 11.4. The molecule has 2 rings (SSSR count). The van der Waals surface area contributed by atoms with Gasteiger partial charge in [0.05, 0.1) is 12.6 Å². The second kappa shape index (κ2) is 8.32. The van der Waals surface area contributed by atoms with Crippen LogP contribution in [0.4, 0.5) is 0 Å². The molecule has 4 heteroatoms. The quantitative estimate of drug-likeness (QED) is 0.810. The van der Waals surface area contributed by atoms with Crippen molar-refractivity contribution in [1.82, 2.24) is 10.6 Å². The van der Waals surface area contributed by atoms with Crippen molar-refractivity contribution in [1.29, 1.82) is 0 Å². The SMILES string of the molecule is Cc1ccc([C@@H](C)NC(=O)CN[C@H](C)c2ccc(Cl)cc2)cc1C. The average Bonchev–Trinajstić information content (AvgIpc) is 2.55. The fourth-order valence-corrected chi connectivity index (χ4v) is 2.65. The molecule has 2 aromatic carbocycles. The molecule has 0 saturated carbocycles. The van der Waals surface area contributed by atoms with Crippen LogP contribution >= 0.6 is 11.6 Å². The number of hydrogen-bond acceptors (Lipinski definition) is 2. The Hall–Kier alpha value is -1.84. The molecule has 0 bridgehead atoms. The number of amides is 1. The smallest absolute Gasteiger partial charge is 0.234 e. The third kappa shape index (κ3) is 5.08. The van der Waals surface area contributed by atoms with Gasteiger partial charge in [-0.15, -0.1) is 0 Å². The zero-order valence-electron chi connectivity index (χ0n) is 14.7. The van der Waals surface area contributed by atoms with Gasteiger partial charge < -0.3 is 10.6 Å². The Morgan fingerprint density at radius 3 is 2.21 bits per heavy atom. The summed E-state index contributed by atoms with van der Waals surface area (Å²) in [7, 11) is 0. The lowest BCUT2D eigenvalue weighted by atomic mass is 10.0. The Labute approximate surface area is 149 Å². The molecule has 0 unspecified atom stereocenters. The number of halogens is 1. The van der Waals surface area contributed by atoms with Crippen LogP contribution in [-0.2, 0) is 4.79 Å². The van der Waals surface area contributed by atoms with E-state index >= 15 is 0 Å². The largest absolute Gasteiger partial charge is 0.348 e. The zero-order chi connectivity index (χ0) is 17.7. The van der Waals surface area contributed by atoms with Crippen LogP contribution in [0.3, 0.4) is 0 Å². The van der Waals surface area contributed by atoms with Gasteiger partial charge in [0, 0.05) is 11.1 Å². The minimum absolute atomic E-state index is 0.00978. The van der Waals surface area contributed by atoms with Crippen LogP contribution in [0.25, 0.3) is 0 Å². The monoisotopic (exact) mass is 344 g/mol. The molecule has 2 N–H and O–H groups in total. The molecule has 0 aliphatic heterocycles. The first-order valence-electron chi connectivity index (χ1n) is 8.22. The maximum atomic E-state index is 12.2. The van der Waals surface area contributed by atoms with Gasteiger partial charge in [0.15, 0.2) is 0 Å². The fraction of sp³-hybridized carbons (Fsp3) is 0.350. The molecule has 0 saturated heterocycles. The summed E-state index contributed by atoms with van der Waals surface area (Å²) in [5.74, 6) is -0.0125. The van der Waals surface area contributed by atoms with Crippen LogP contribution in [0.1, 0.15) is 48.2 Å². The summed E-state index contributed by atoms with van der Waals surface area (Å²) in [6.07, 6.45) is 0. The third-order valence-corrected chi connectivity index (χ3v) is 4.60. The highest BCUT2D eigenvalue weighted by Gasteiger charge is 2.12. The minimum atomic E-state index is -0.0125. The van der Waals surface area contributed by atoms with E-state index in [1.54, 1.807) is 0 Å². The summed E-state index contributed by atoms with van der Waals surface area (Å²) < 4.78 is 0. The van der Waals surface area contributed by atoms with E-state index in [-0.39, 0.29) is 24.5 Å². The number of carbonyl (C=O) groups excluding carboxylic acids is 1. The first-order valence-corrected chi connectivity index (χ1v) is 8.60. The van der Waals surface area contributed by atoms with Crippen LogP contribution in [-0.4, -0.2) is 12.5 Å². The van der Waals surface area contributed by atoms with E-state index in [0.717, 1.165) is 11.1 Å². The maximum Gasteiger partial charge on any atom is 0.234 e. The van der Waals surface area contributed by atoms with Gasteiger partial charge in [-0.1, -0.05) is 41.9 Å². The molecular formula is C20H25ClN2O. The number of hydrogen-bond donors (Lipinski definition) is 2. The average molecular weight is 345 g/mol. The molecule has 0 heterocycles. The second-order valence-corrected chi connectivity index (χ2v) is 6.72. The lowest BCUT2D eigenvalue weighted by Gasteiger charge is -2.18. The minimum Gasteiger partial charge on any atom is -0.348 e. The van der Waals surface area contributed by atoms with Crippen molar-refractivity contribution in [3.63, 3.8) is 0 Å². The van der Waals surface area contributed by atoms with E-state index in [0.29, 0.717) is 5.02 Å². The fourth-order valence-electron chi connectivity index (χ4n) is 2.52. The third-order valence-electron chi connectivity index (χ3n) is 4.35. The molecule has 2 atom stereocenters. The van der Waals surface area contributed by atoms with E-state index in [2.05, 4.69) is 42.7 Å². The van der Waals surface area contributed by atoms with Crippen molar-refractivity contribution in [2.45, 2.75) is 39.8 Å². The molecule has 128 valence electrons. The number of benzene rings is 2. The molecule has 0 radical (unpaired) electrons. The van der Waals surface area contributed by atoms with Gasteiger partial charge in [-0.3, -0.25) is 4.79 Å². The molecule has 0 spiro atoms. The predicted octanol–water partition coefficient (Wildman–Crippen LogP) is 4.48. The van der Waals surface area contributed by atoms with Crippen LogP contribution in [0.15, 0.2) is 42.5 Å². The summed E-state index contributed by atoms with van der Waals surface area (Å²) in [5, 5.41) is 6.99. The van der Waals surface area contributed by atoms with Crippen LogP contribution in [0.2, 0.25) is 5.02 Å². The van der Waals surface area contributed by atoms with E-state index in [1.165, 1.54) is 11.1 Å². The van der Waals surface area contributed by atoms with Crippen LogP contribution < -0.4 is 10.6 Å². The molecule has 0 fully saturated rings. The van der Waals surface area contributed by atoms with E-state index in [9.17, 15) is 4.79 Å². The zero-order valence-corrected chi connectivity index (χ0v) is 15.4. The molecule has 2 aromatic rings. The van der Waals surface area contributed by atoms with E-state index in [4.69, 9.17) is 11.6 Å². The lowest BCUT2D eigenvalue weighted by molar-refractivity contribution is -0.121. The Morgan fingerprint density at radius 2 is 1.58 bits per heavy atom. The number of carbonyl (C=O) groups is 1. The molecule has 3 nitrogen and oxygen atoms in total. The highest BCUT2D eigenvalue weighted by Crippen LogP contribution is 2.17. The topological polar surface area (TPSA) is 41.1 Å². The summed E-state index contributed by atoms with van der Waals surface area (Å²) in [4.78, 5) is 12.2. The molecule has 24 heavy (non-hydrogen) atoms. The van der Waals surface area contributed by atoms with Crippen molar-refractivity contribution in [3.05, 3.63) is 69.7 Å². The van der Waals surface area contributed by atoms with Crippen LogP contribution in [0.5, 0.6) is 0 Å².